The summed E-state index contributed by atoms with van der Waals surface area (Å²) in [5, 5.41) is 3.49. The highest BCUT2D eigenvalue weighted by Gasteiger charge is 2.17. The number of methoxy groups -OCH3 is 1. The van der Waals surface area contributed by atoms with Crippen LogP contribution in [0.25, 0.3) is 0 Å². The Kier molecular flexibility index (Phi) is 3.80. The van der Waals surface area contributed by atoms with E-state index in [2.05, 4.69) is 11.4 Å². The zero-order valence-electron chi connectivity index (χ0n) is 9.78. The van der Waals surface area contributed by atoms with Gasteiger partial charge in [0.25, 0.3) is 0 Å². The van der Waals surface area contributed by atoms with Crippen molar-refractivity contribution in [3.63, 3.8) is 0 Å². The minimum absolute atomic E-state index is 0.0516. The van der Waals surface area contributed by atoms with Crippen LogP contribution in [0.4, 0.5) is 0 Å². The normalized spacial score (nSPS) is 17.9. The molecule has 1 unspecified atom stereocenters. The molecule has 1 aromatic carbocycles. The number of ether oxygens (including phenoxy) is 1. The summed E-state index contributed by atoms with van der Waals surface area (Å²) < 4.78 is 5.19. The first-order valence-electron chi connectivity index (χ1n) is 5.92. The molecule has 0 amide bonds. The molecule has 1 saturated carbocycles. The van der Waals surface area contributed by atoms with E-state index in [1.54, 1.807) is 7.11 Å². The predicted molar refractivity (Wildman–Crippen MR) is 65.6 cm³/mol. The van der Waals surface area contributed by atoms with E-state index in [9.17, 15) is 0 Å². The molecular formula is C13H20N2O. The molecule has 0 heterocycles. The summed E-state index contributed by atoms with van der Waals surface area (Å²) in [5.41, 5.74) is 7.26. The summed E-state index contributed by atoms with van der Waals surface area (Å²) >= 11 is 0. The molecule has 88 valence electrons. The lowest BCUT2D eigenvalue weighted by Gasteiger charge is -2.28. The minimum Gasteiger partial charge on any atom is -0.497 e. The number of benzene rings is 1. The van der Waals surface area contributed by atoms with Crippen LogP contribution < -0.4 is 15.8 Å². The van der Waals surface area contributed by atoms with E-state index in [1.807, 2.05) is 18.2 Å². The highest BCUT2D eigenvalue weighted by atomic mass is 16.5. The molecule has 0 radical (unpaired) electrons. The average Bonchev–Trinajstić information content (AvgIpc) is 2.27. The topological polar surface area (TPSA) is 47.3 Å². The Morgan fingerprint density at radius 1 is 1.50 bits per heavy atom. The number of nitrogens with two attached hydrogens (primary N) is 1. The first-order chi connectivity index (χ1) is 7.79. The van der Waals surface area contributed by atoms with Crippen molar-refractivity contribution in [2.75, 3.05) is 13.7 Å². The molecule has 1 fully saturated rings. The summed E-state index contributed by atoms with van der Waals surface area (Å²) in [6.45, 7) is 0.845. The minimum atomic E-state index is 0.0516. The zero-order valence-corrected chi connectivity index (χ0v) is 9.78. The zero-order chi connectivity index (χ0) is 11.4. The summed E-state index contributed by atoms with van der Waals surface area (Å²) in [5.74, 6) is 0.872. The van der Waals surface area contributed by atoms with Crippen LogP contribution in [0.1, 0.15) is 30.9 Å². The number of hydrogen-bond donors (Lipinski definition) is 2. The molecule has 1 aliphatic rings. The Morgan fingerprint density at radius 2 is 2.31 bits per heavy atom. The Labute approximate surface area is 97.0 Å². The van der Waals surface area contributed by atoms with Crippen molar-refractivity contribution < 1.29 is 4.74 Å². The maximum atomic E-state index is 6.13. The Morgan fingerprint density at radius 3 is 2.94 bits per heavy atom. The summed E-state index contributed by atoms with van der Waals surface area (Å²) in [7, 11) is 1.68. The molecule has 2 rings (SSSR count). The van der Waals surface area contributed by atoms with Gasteiger partial charge in [-0.25, -0.2) is 0 Å². The van der Waals surface area contributed by atoms with Crippen molar-refractivity contribution in [1.29, 1.82) is 0 Å². The van der Waals surface area contributed by atoms with Crippen molar-refractivity contribution in [3.05, 3.63) is 29.8 Å². The van der Waals surface area contributed by atoms with E-state index in [-0.39, 0.29) is 6.04 Å². The molecule has 0 saturated heterocycles. The molecular weight excluding hydrogens is 200 g/mol. The Balaban J connectivity index is 1.88. The van der Waals surface area contributed by atoms with E-state index < -0.39 is 0 Å². The van der Waals surface area contributed by atoms with Crippen molar-refractivity contribution >= 4 is 0 Å². The van der Waals surface area contributed by atoms with Gasteiger partial charge in [0.2, 0.25) is 0 Å². The van der Waals surface area contributed by atoms with Crippen LogP contribution in [-0.2, 0) is 0 Å². The first kappa shape index (κ1) is 11.4. The van der Waals surface area contributed by atoms with Crippen LogP contribution in [0.2, 0.25) is 0 Å². The van der Waals surface area contributed by atoms with Crippen molar-refractivity contribution in [2.45, 2.75) is 31.3 Å². The van der Waals surface area contributed by atoms with Crippen LogP contribution >= 0.6 is 0 Å². The molecule has 3 N–H and O–H groups in total. The second kappa shape index (κ2) is 5.32. The molecule has 16 heavy (non-hydrogen) atoms. The van der Waals surface area contributed by atoms with Crippen molar-refractivity contribution in [1.82, 2.24) is 5.32 Å². The molecule has 1 atom stereocenters. The van der Waals surface area contributed by atoms with Crippen molar-refractivity contribution in [3.8, 4) is 5.75 Å². The van der Waals surface area contributed by atoms with Gasteiger partial charge >= 0.3 is 0 Å². The van der Waals surface area contributed by atoms with Gasteiger partial charge in [-0.05, 0) is 30.5 Å². The number of hydrogen-bond acceptors (Lipinski definition) is 3. The third kappa shape index (κ3) is 2.74. The standard InChI is InChI=1S/C13H20N2O/c1-16-12-7-2-4-10(8-12)13(14)9-15-11-5-3-6-11/h2,4,7-8,11,13,15H,3,5-6,9,14H2,1H3. The Hall–Kier alpha value is -1.06. The second-order valence-corrected chi connectivity index (χ2v) is 4.42. The molecule has 0 spiro atoms. The van der Waals surface area contributed by atoms with Gasteiger partial charge in [-0.3, -0.25) is 0 Å². The average molecular weight is 220 g/mol. The van der Waals surface area contributed by atoms with E-state index in [1.165, 1.54) is 19.3 Å². The highest BCUT2D eigenvalue weighted by molar-refractivity contribution is 5.30. The van der Waals surface area contributed by atoms with Gasteiger partial charge in [-0.2, -0.15) is 0 Å². The van der Waals surface area contributed by atoms with E-state index in [4.69, 9.17) is 10.5 Å². The third-order valence-electron chi connectivity index (χ3n) is 3.25. The van der Waals surface area contributed by atoms with E-state index >= 15 is 0 Å². The molecule has 0 aromatic heterocycles. The van der Waals surface area contributed by atoms with Gasteiger partial charge in [0.1, 0.15) is 5.75 Å². The lowest BCUT2D eigenvalue weighted by atomic mass is 9.93. The van der Waals surface area contributed by atoms with Gasteiger partial charge in [0.05, 0.1) is 7.11 Å². The van der Waals surface area contributed by atoms with Gasteiger partial charge in [0.15, 0.2) is 0 Å². The third-order valence-corrected chi connectivity index (χ3v) is 3.25. The molecule has 1 aliphatic carbocycles. The quantitative estimate of drug-likeness (QED) is 0.796. The maximum Gasteiger partial charge on any atom is 0.119 e. The smallest absolute Gasteiger partial charge is 0.119 e. The molecule has 3 heteroatoms. The molecule has 1 aromatic rings. The fourth-order valence-corrected chi connectivity index (χ4v) is 1.90. The lowest BCUT2D eigenvalue weighted by molar-refractivity contribution is 0.332. The van der Waals surface area contributed by atoms with Crippen LogP contribution in [0.15, 0.2) is 24.3 Å². The van der Waals surface area contributed by atoms with Crippen LogP contribution in [-0.4, -0.2) is 19.7 Å². The fourth-order valence-electron chi connectivity index (χ4n) is 1.90. The fraction of sp³-hybridized carbons (Fsp3) is 0.538. The van der Waals surface area contributed by atoms with Gasteiger partial charge in [-0.1, -0.05) is 18.6 Å². The second-order valence-electron chi connectivity index (χ2n) is 4.42. The van der Waals surface area contributed by atoms with Crippen molar-refractivity contribution in [2.24, 2.45) is 5.73 Å². The van der Waals surface area contributed by atoms with Crippen LogP contribution in [0.3, 0.4) is 0 Å². The SMILES string of the molecule is COc1cccc(C(N)CNC2CCC2)c1. The molecule has 3 nitrogen and oxygen atoms in total. The predicted octanol–water partition coefficient (Wildman–Crippen LogP) is 1.84. The van der Waals surface area contributed by atoms with Gasteiger partial charge < -0.3 is 15.8 Å². The summed E-state index contributed by atoms with van der Waals surface area (Å²) in [6.07, 6.45) is 3.95. The highest BCUT2D eigenvalue weighted by Crippen LogP contribution is 2.20. The number of nitrogens with one attached hydrogen (secondary N) is 1. The molecule has 0 aliphatic heterocycles. The largest absolute Gasteiger partial charge is 0.497 e. The summed E-state index contributed by atoms with van der Waals surface area (Å²) in [6, 6.07) is 8.72. The lowest BCUT2D eigenvalue weighted by Crippen LogP contribution is -2.39. The van der Waals surface area contributed by atoms with Crippen LogP contribution in [0.5, 0.6) is 5.75 Å². The van der Waals surface area contributed by atoms with E-state index in [0.29, 0.717) is 6.04 Å². The number of rotatable bonds is 5. The Bertz CT molecular complexity index is 336. The first-order valence-corrected chi connectivity index (χ1v) is 5.92. The van der Waals surface area contributed by atoms with Gasteiger partial charge in [-0.15, -0.1) is 0 Å². The van der Waals surface area contributed by atoms with Crippen LogP contribution in [0, 0.1) is 0 Å². The molecule has 0 bridgehead atoms. The maximum absolute atomic E-state index is 6.13. The van der Waals surface area contributed by atoms with Gasteiger partial charge in [0, 0.05) is 18.6 Å². The summed E-state index contributed by atoms with van der Waals surface area (Å²) in [4.78, 5) is 0. The monoisotopic (exact) mass is 220 g/mol. The van der Waals surface area contributed by atoms with E-state index in [0.717, 1.165) is 17.9 Å².